The Hall–Kier alpha value is -0.200. The first-order valence-electron chi connectivity index (χ1n) is 7.39. The maximum Gasteiger partial charge on any atom is 0.187 e. The predicted octanol–water partition coefficient (Wildman–Crippen LogP) is 3.01. The minimum Gasteiger partial charge on any atom is -0.388 e. The molecular weight excluding hydrogens is 272 g/mol. The minimum atomic E-state index is -0.385. The predicted molar refractivity (Wildman–Crippen MR) is 83.5 cm³/mol. The standard InChI is InChI=1S/C14H28O4.C2H6O/c1-9-10(15-8)11(17-13(2,3)4)12(16-9)18-14(5,6)7;1-3-2/h9-12H,1-8H3;1-2H3. The van der Waals surface area contributed by atoms with E-state index >= 15 is 0 Å². The van der Waals surface area contributed by atoms with Crippen molar-refractivity contribution in [1.82, 2.24) is 0 Å². The smallest absolute Gasteiger partial charge is 0.187 e. The summed E-state index contributed by atoms with van der Waals surface area (Å²) in [5.41, 5.74) is -0.527. The van der Waals surface area contributed by atoms with Crippen molar-refractivity contribution in [2.45, 2.75) is 84.3 Å². The molecule has 0 bridgehead atoms. The van der Waals surface area contributed by atoms with Crippen molar-refractivity contribution < 1.29 is 23.7 Å². The third-order valence-corrected chi connectivity index (χ3v) is 2.63. The van der Waals surface area contributed by atoms with Crippen molar-refractivity contribution in [3.63, 3.8) is 0 Å². The van der Waals surface area contributed by atoms with E-state index in [1.807, 2.05) is 48.5 Å². The van der Waals surface area contributed by atoms with Crippen LogP contribution in [0.1, 0.15) is 48.5 Å². The van der Waals surface area contributed by atoms with Gasteiger partial charge in [-0.2, -0.15) is 0 Å². The summed E-state index contributed by atoms with van der Waals surface area (Å²) in [4.78, 5) is 0. The SMILES string of the molecule is COC.COC1C(C)OC(OC(C)(C)C)C1OC(C)(C)C. The molecule has 4 unspecified atom stereocenters. The Morgan fingerprint density at radius 2 is 1.19 bits per heavy atom. The molecule has 0 N–H and O–H groups in total. The van der Waals surface area contributed by atoms with Gasteiger partial charge in [-0.3, -0.25) is 0 Å². The van der Waals surface area contributed by atoms with Crippen molar-refractivity contribution in [1.29, 1.82) is 0 Å². The van der Waals surface area contributed by atoms with E-state index in [-0.39, 0.29) is 35.8 Å². The van der Waals surface area contributed by atoms with Gasteiger partial charge in [0.15, 0.2) is 6.29 Å². The van der Waals surface area contributed by atoms with Crippen LogP contribution in [0.25, 0.3) is 0 Å². The minimum absolute atomic E-state index is 0.0327. The molecule has 0 aromatic carbocycles. The Morgan fingerprint density at radius 1 is 0.762 bits per heavy atom. The average molecular weight is 306 g/mol. The lowest BCUT2D eigenvalue weighted by molar-refractivity contribution is -0.235. The third kappa shape index (κ3) is 8.12. The van der Waals surface area contributed by atoms with Crippen molar-refractivity contribution >= 4 is 0 Å². The lowest BCUT2D eigenvalue weighted by atomic mass is 10.1. The largest absolute Gasteiger partial charge is 0.388 e. The highest BCUT2D eigenvalue weighted by Crippen LogP contribution is 2.32. The topological polar surface area (TPSA) is 46.2 Å². The summed E-state index contributed by atoms with van der Waals surface area (Å²) in [6, 6.07) is 0. The number of hydrogen-bond acceptors (Lipinski definition) is 5. The van der Waals surface area contributed by atoms with Gasteiger partial charge in [0.2, 0.25) is 0 Å². The average Bonchev–Trinajstić information content (AvgIpc) is 2.51. The zero-order valence-corrected chi connectivity index (χ0v) is 15.4. The molecule has 1 fully saturated rings. The lowest BCUT2D eigenvalue weighted by Crippen LogP contribution is -2.44. The van der Waals surface area contributed by atoms with Crippen molar-refractivity contribution in [2.75, 3.05) is 21.3 Å². The van der Waals surface area contributed by atoms with E-state index in [4.69, 9.17) is 18.9 Å². The van der Waals surface area contributed by atoms with Gasteiger partial charge in [-0.25, -0.2) is 0 Å². The summed E-state index contributed by atoms with van der Waals surface area (Å²) >= 11 is 0. The van der Waals surface area contributed by atoms with Crippen molar-refractivity contribution in [3.05, 3.63) is 0 Å². The lowest BCUT2D eigenvalue weighted by Gasteiger charge is -2.33. The Labute approximate surface area is 130 Å². The quantitative estimate of drug-likeness (QED) is 0.802. The van der Waals surface area contributed by atoms with Crippen LogP contribution in [0.3, 0.4) is 0 Å². The molecule has 0 aromatic heterocycles. The molecule has 1 rings (SSSR count). The van der Waals surface area contributed by atoms with Gasteiger partial charge in [-0.15, -0.1) is 0 Å². The second kappa shape index (κ2) is 8.44. The number of rotatable bonds is 3. The molecule has 0 spiro atoms. The van der Waals surface area contributed by atoms with Gasteiger partial charge < -0.3 is 23.7 Å². The van der Waals surface area contributed by atoms with Gasteiger partial charge in [0.1, 0.15) is 12.2 Å². The Bertz CT molecular complexity index is 279. The summed E-state index contributed by atoms with van der Waals surface area (Å²) in [7, 11) is 4.93. The first kappa shape index (κ1) is 20.8. The van der Waals surface area contributed by atoms with Crippen LogP contribution in [0.15, 0.2) is 0 Å². The molecule has 21 heavy (non-hydrogen) atoms. The third-order valence-electron chi connectivity index (χ3n) is 2.63. The van der Waals surface area contributed by atoms with Crippen molar-refractivity contribution in [2.24, 2.45) is 0 Å². The molecule has 0 radical (unpaired) electrons. The molecule has 4 atom stereocenters. The van der Waals surface area contributed by atoms with Gasteiger partial charge in [0, 0.05) is 21.3 Å². The molecule has 0 saturated carbocycles. The highest BCUT2D eigenvalue weighted by atomic mass is 16.7. The first-order chi connectivity index (χ1) is 9.45. The molecule has 0 aliphatic carbocycles. The van der Waals surface area contributed by atoms with Crippen LogP contribution in [0.5, 0.6) is 0 Å². The normalized spacial score (nSPS) is 30.0. The zero-order chi connectivity index (χ0) is 16.8. The first-order valence-corrected chi connectivity index (χ1v) is 7.39. The van der Waals surface area contributed by atoms with Crippen LogP contribution in [0.4, 0.5) is 0 Å². The van der Waals surface area contributed by atoms with Crippen molar-refractivity contribution in [3.8, 4) is 0 Å². The molecule has 1 aliphatic heterocycles. The van der Waals surface area contributed by atoms with Gasteiger partial charge >= 0.3 is 0 Å². The monoisotopic (exact) mass is 306 g/mol. The molecule has 0 aromatic rings. The van der Waals surface area contributed by atoms with Crippen LogP contribution < -0.4 is 0 Å². The Balaban J connectivity index is 0.00000122. The highest BCUT2D eigenvalue weighted by molar-refractivity contribution is 4.89. The van der Waals surface area contributed by atoms with E-state index in [0.717, 1.165) is 0 Å². The molecule has 1 aliphatic rings. The Morgan fingerprint density at radius 3 is 1.52 bits per heavy atom. The summed E-state index contributed by atoms with van der Waals surface area (Å²) in [6.07, 6.45) is -0.723. The van der Waals surface area contributed by atoms with E-state index in [2.05, 4.69) is 4.74 Å². The number of ether oxygens (including phenoxy) is 5. The molecule has 5 heteroatoms. The van der Waals surface area contributed by atoms with Crippen LogP contribution in [-0.4, -0.2) is 57.1 Å². The molecule has 5 nitrogen and oxygen atoms in total. The molecular formula is C16H34O5. The molecule has 1 saturated heterocycles. The molecule has 1 heterocycles. The van der Waals surface area contributed by atoms with Crippen LogP contribution in [0.2, 0.25) is 0 Å². The van der Waals surface area contributed by atoms with Gasteiger partial charge in [0.25, 0.3) is 0 Å². The summed E-state index contributed by atoms with van der Waals surface area (Å²) in [5.74, 6) is 0. The summed E-state index contributed by atoms with van der Waals surface area (Å²) in [6.45, 7) is 14.1. The van der Waals surface area contributed by atoms with Crippen LogP contribution >= 0.6 is 0 Å². The second-order valence-electron chi connectivity index (χ2n) is 7.24. The van der Waals surface area contributed by atoms with Gasteiger partial charge in [-0.05, 0) is 48.5 Å². The molecule has 0 amide bonds. The zero-order valence-electron chi connectivity index (χ0n) is 15.4. The maximum absolute atomic E-state index is 6.06. The number of hydrogen-bond donors (Lipinski definition) is 0. The highest BCUT2D eigenvalue weighted by Gasteiger charge is 2.47. The van der Waals surface area contributed by atoms with E-state index in [0.29, 0.717) is 0 Å². The second-order valence-corrected chi connectivity index (χ2v) is 7.24. The fraction of sp³-hybridized carbons (Fsp3) is 1.00. The van der Waals surface area contributed by atoms with Gasteiger partial charge in [-0.1, -0.05) is 0 Å². The Kier molecular flexibility index (Phi) is 8.36. The van der Waals surface area contributed by atoms with E-state index in [9.17, 15) is 0 Å². The molecule has 128 valence electrons. The summed E-state index contributed by atoms with van der Waals surface area (Å²) in [5, 5.41) is 0. The maximum atomic E-state index is 6.06. The fourth-order valence-electron chi connectivity index (χ4n) is 2.09. The van der Waals surface area contributed by atoms with E-state index in [1.54, 1.807) is 21.3 Å². The van der Waals surface area contributed by atoms with Gasteiger partial charge in [0.05, 0.1) is 17.3 Å². The van der Waals surface area contributed by atoms with E-state index in [1.165, 1.54) is 0 Å². The van der Waals surface area contributed by atoms with E-state index < -0.39 is 0 Å². The fourth-order valence-corrected chi connectivity index (χ4v) is 2.09. The van der Waals surface area contributed by atoms with Crippen LogP contribution in [0, 0.1) is 0 Å². The van der Waals surface area contributed by atoms with Crippen LogP contribution in [-0.2, 0) is 23.7 Å². The number of methoxy groups -OCH3 is 2. The summed E-state index contributed by atoms with van der Waals surface area (Å²) < 4.78 is 27.6.